The maximum absolute atomic E-state index is 5.65. The Hall–Kier alpha value is -1.55. The molecule has 0 aliphatic heterocycles. The Morgan fingerprint density at radius 1 is 1.32 bits per heavy atom. The Labute approximate surface area is 189 Å². The van der Waals surface area contributed by atoms with Crippen molar-refractivity contribution in [3.05, 3.63) is 39.8 Å². The lowest BCUT2D eigenvalue weighted by atomic mass is 10.1. The van der Waals surface area contributed by atoms with Gasteiger partial charge >= 0.3 is 0 Å². The van der Waals surface area contributed by atoms with Gasteiger partial charge in [-0.05, 0) is 44.4 Å². The highest BCUT2D eigenvalue weighted by molar-refractivity contribution is 14.0. The monoisotopic (exact) mass is 518 g/mol. The Morgan fingerprint density at radius 2 is 2.11 bits per heavy atom. The molecule has 156 valence electrons. The summed E-state index contributed by atoms with van der Waals surface area (Å²) in [6, 6.07) is 6.12. The van der Waals surface area contributed by atoms with Crippen LogP contribution in [-0.2, 0) is 13.0 Å². The first kappa shape index (κ1) is 24.5. The molecule has 2 rings (SSSR count). The topological polar surface area (TPSA) is 59.0 Å². The van der Waals surface area contributed by atoms with Crippen molar-refractivity contribution in [1.82, 2.24) is 15.2 Å². The van der Waals surface area contributed by atoms with Crippen LogP contribution >= 0.6 is 35.3 Å². The molecule has 1 aromatic heterocycles. The third kappa shape index (κ3) is 7.46. The van der Waals surface area contributed by atoms with Crippen molar-refractivity contribution in [3.63, 3.8) is 0 Å². The lowest BCUT2D eigenvalue weighted by molar-refractivity contribution is 0.310. The molecule has 2 aromatic rings. The van der Waals surface area contributed by atoms with Crippen molar-refractivity contribution in [3.8, 4) is 11.5 Å². The van der Waals surface area contributed by atoms with Gasteiger partial charge in [-0.25, -0.2) is 4.98 Å². The fourth-order valence-corrected chi connectivity index (χ4v) is 3.42. The number of nitrogens with one attached hydrogen (secondary N) is 1. The van der Waals surface area contributed by atoms with E-state index in [9.17, 15) is 0 Å². The fraction of sp³-hybridized carbons (Fsp3) is 0.500. The normalized spacial score (nSPS) is 11.0. The summed E-state index contributed by atoms with van der Waals surface area (Å²) in [5.41, 5.74) is 2.31. The fourth-order valence-electron chi connectivity index (χ4n) is 2.82. The third-order valence-electron chi connectivity index (χ3n) is 4.09. The van der Waals surface area contributed by atoms with E-state index >= 15 is 0 Å². The van der Waals surface area contributed by atoms with Crippen LogP contribution in [0.2, 0.25) is 0 Å². The van der Waals surface area contributed by atoms with Crippen LogP contribution in [0.1, 0.15) is 29.6 Å². The van der Waals surface area contributed by atoms with Gasteiger partial charge in [0.05, 0.1) is 31.0 Å². The second kappa shape index (κ2) is 12.8. The van der Waals surface area contributed by atoms with E-state index in [1.54, 1.807) is 18.4 Å². The highest BCUT2D eigenvalue weighted by Gasteiger charge is 2.09. The smallest absolute Gasteiger partial charge is 0.193 e. The molecule has 1 aromatic carbocycles. The molecule has 0 aliphatic carbocycles. The lowest BCUT2D eigenvalue weighted by Gasteiger charge is -2.21. The molecular weight excluding hydrogens is 487 g/mol. The minimum Gasteiger partial charge on any atom is -0.493 e. The SMILES string of the molecule is CCOc1cc(CCCNC(=NC)N(C)Cc2csc(C)n2)ccc1OC.I. The zero-order valence-corrected chi connectivity index (χ0v) is 20.5. The number of guanidine groups is 1. The molecule has 1 N–H and O–H groups in total. The molecule has 0 amide bonds. The summed E-state index contributed by atoms with van der Waals surface area (Å²) in [6.07, 6.45) is 1.96. The summed E-state index contributed by atoms with van der Waals surface area (Å²) < 4.78 is 11.0. The molecule has 0 unspecified atom stereocenters. The van der Waals surface area contributed by atoms with Gasteiger partial charge in [0.1, 0.15) is 0 Å². The van der Waals surface area contributed by atoms with Gasteiger partial charge in [-0.1, -0.05) is 6.07 Å². The zero-order valence-electron chi connectivity index (χ0n) is 17.3. The Bertz CT molecular complexity index is 752. The van der Waals surface area contributed by atoms with Crippen molar-refractivity contribution in [2.75, 3.05) is 34.4 Å². The Balaban J connectivity index is 0.00000392. The molecule has 0 saturated heterocycles. The molecule has 6 nitrogen and oxygen atoms in total. The molecule has 1 heterocycles. The summed E-state index contributed by atoms with van der Waals surface area (Å²) in [6.45, 7) is 6.23. The number of rotatable bonds is 9. The highest BCUT2D eigenvalue weighted by Crippen LogP contribution is 2.28. The second-order valence-corrected chi connectivity index (χ2v) is 7.27. The van der Waals surface area contributed by atoms with E-state index in [1.807, 2.05) is 34.0 Å². The molecule has 0 aliphatic rings. The first-order valence-corrected chi connectivity index (χ1v) is 10.1. The number of ether oxygens (including phenoxy) is 2. The van der Waals surface area contributed by atoms with Crippen molar-refractivity contribution >= 4 is 41.3 Å². The van der Waals surface area contributed by atoms with Gasteiger partial charge in [-0.3, -0.25) is 4.99 Å². The number of aliphatic imine (C=N–C) groups is 1. The number of nitrogens with zero attached hydrogens (tertiary/aromatic N) is 3. The number of hydrogen-bond acceptors (Lipinski definition) is 5. The molecule has 8 heteroatoms. The van der Waals surface area contributed by atoms with Crippen molar-refractivity contribution < 1.29 is 9.47 Å². The van der Waals surface area contributed by atoms with Crippen molar-refractivity contribution in [2.45, 2.75) is 33.2 Å². The molecule has 0 spiro atoms. The predicted molar refractivity (Wildman–Crippen MR) is 128 cm³/mol. The summed E-state index contributed by atoms with van der Waals surface area (Å²) in [4.78, 5) is 11.0. The lowest BCUT2D eigenvalue weighted by Crippen LogP contribution is -2.39. The first-order valence-electron chi connectivity index (χ1n) is 9.19. The number of methoxy groups -OCH3 is 1. The summed E-state index contributed by atoms with van der Waals surface area (Å²) in [5.74, 6) is 2.46. The minimum atomic E-state index is 0. The number of aromatic nitrogens is 1. The maximum Gasteiger partial charge on any atom is 0.193 e. The Morgan fingerprint density at radius 3 is 2.71 bits per heavy atom. The van der Waals surface area contributed by atoms with E-state index in [0.717, 1.165) is 54.1 Å². The molecule has 0 bridgehead atoms. The summed E-state index contributed by atoms with van der Waals surface area (Å²) in [5, 5.41) is 6.61. The van der Waals surface area contributed by atoms with E-state index in [2.05, 4.69) is 37.7 Å². The largest absolute Gasteiger partial charge is 0.493 e. The van der Waals surface area contributed by atoms with E-state index in [1.165, 1.54) is 5.56 Å². The molecule has 0 saturated carbocycles. The summed E-state index contributed by atoms with van der Waals surface area (Å²) in [7, 11) is 5.50. The van der Waals surface area contributed by atoms with Gasteiger partial charge in [0.25, 0.3) is 0 Å². The number of hydrogen-bond donors (Lipinski definition) is 1. The quantitative estimate of drug-likeness (QED) is 0.234. The number of benzene rings is 1. The number of halogens is 1. The highest BCUT2D eigenvalue weighted by atomic mass is 127. The van der Waals surface area contributed by atoms with Crippen LogP contribution in [0.5, 0.6) is 11.5 Å². The molecule has 28 heavy (non-hydrogen) atoms. The van der Waals surface area contributed by atoms with Crippen LogP contribution in [0.3, 0.4) is 0 Å². The maximum atomic E-state index is 5.65. The van der Waals surface area contributed by atoms with Gasteiger partial charge in [-0.2, -0.15) is 0 Å². The first-order chi connectivity index (χ1) is 13.1. The van der Waals surface area contributed by atoms with Crippen molar-refractivity contribution in [2.24, 2.45) is 4.99 Å². The van der Waals surface area contributed by atoms with Crippen LogP contribution in [0.15, 0.2) is 28.6 Å². The van der Waals surface area contributed by atoms with Gasteiger partial charge in [0.15, 0.2) is 17.5 Å². The van der Waals surface area contributed by atoms with Crippen LogP contribution < -0.4 is 14.8 Å². The van der Waals surface area contributed by atoms with Gasteiger partial charge in [-0.15, -0.1) is 35.3 Å². The summed E-state index contributed by atoms with van der Waals surface area (Å²) >= 11 is 1.67. The van der Waals surface area contributed by atoms with E-state index in [0.29, 0.717) is 6.61 Å². The standard InChI is InChI=1S/C20H30N4O2S.HI/c1-6-26-19-12-16(9-10-18(19)25-5)8-7-11-22-20(21-3)24(4)13-17-14-27-15(2)23-17;/h9-10,12,14H,6-8,11,13H2,1-5H3,(H,21,22);1H. The second-order valence-electron chi connectivity index (χ2n) is 6.21. The predicted octanol–water partition coefficient (Wildman–Crippen LogP) is 4.12. The average Bonchev–Trinajstić information content (AvgIpc) is 3.07. The molecule has 0 fully saturated rings. The van der Waals surface area contributed by atoms with E-state index in [-0.39, 0.29) is 24.0 Å². The number of thiazole rings is 1. The molecule has 0 radical (unpaired) electrons. The van der Waals surface area contributed by atoms with Gasteiger partial charge in [0.2, 0.25) is 0 Å². The van der Waals surface area contributed by atoms with Crippen molar-refractivity contribution in [1.29, 1.82) is 0 Å². The molecule has 0 atom stereocenters. The van der Waals surface area contributed by atoms with E-state index < -0.39 is 0 Å². The van der Waals surface area contributed by atoms with Gasteiger partial charge in [0, 0.05) is 26.0 Å². The van der Waals surface area contributed by atoms with Crippen LogP contribution in [-0.4, -0.2) is 50.2 Å². The van der Waals surface area contributed by atoms with Crippen LogP contribution in [0.25, 0.3) is 0 Å². The van der Waals surface area contributed by atoms with E-state index in [4.69, 9.17) is 9.47 Å². The third-order valence-corrected chi connectivity index (χ3v) is 4.91. The number of aryl methyl sites for hydroxylation is 2. The minimum absolute atomic E-state index is 0. The Kier molecular flexibility index (Phi) is 11.2. The van der Waals surface area contributed by atoms with Crippen LogP contribution in [0, 0.1) is 6.92 Å². The molecular formula is C20H31IN4O2S. The zero-order chi connectivity index (χ0) is 19.6. The van der Waals surface area contributed by atoms with Crippen LogP contribution in [0.4, 0.5) is 0 Å². The van der Waals surface area contributed by atoms with Gasteiger partial charge < -0.3 is 19.7 Å². The average molecular weight is 518 g/mol.